The molecule has 0 saturated heterocycles. The summed E-state index contributed by atoms with van der Waals surface area (Å²) in [6.07, 6.45) is 0. The van der Waals surface area contributed by atoms with Crippen LogP contribution in [0.4, 0.5) is 5.69 Å². The molecule has 4 nitrogen and oxygen atoms in total. The van der Waals surface area contributed by atoms with Gasteiger partial charge >= 0.3 is 0 Å². The zero-order valence-corrected chi connectivity index (χ0v) is 13.3. The summed E-state index contributed by atoms with van der Waals surface area (Å²) in [4.78, 5) is 12.4. The number of halogens is 1. The van der Waals surface area contributed by atoms with Gasteiger partial charge in [-0.1, -0.05) is 34.1 Å². The van der Waals surface area contributed by atoms with Crippen molar-refractivity contribution in [2.45, 2.75) is 11.8 Å². The van der Waals surface area contributed by atoms with E-state index in [1.54, 1.807) is 6.07 Å². The minimum absolute atomic E-state index is 0.0855. The molecule has 0 saturated carbocycles. The fraction of sp³-hybridized carbons (Fsp3) is 0.188. The number of alkyl halides is 1. The van der Waals surface area contributed by atoms with Crippen molar-refractivity contribution >= 4 is 27.5 Å². The van der Waals surface area contributed by atoms with Crippen LogP contribution >= 0.6 is 15.9 Å². The molecule has 1 amide bonds. The first-order valence-electron chi connectivity index (χ1n) is 6.44. The van der Waals surface area contributed by atoms with Crippen molar-refractivity contribution in [2.75, 3.05) is 12.4 Å². The van der Waals surface area contributed by atoms with E-state index < -0.39 is 0 Å². The lowest BCUT2D eigenvalue weighted by Gasteiger charge is -2.13. The van der Waals surface area contributed by atoms with Gasteiger partial charge < -0.3 is 15.2 Å². The summed E-state index contributed by atoms with van der Waals surface area (Å²) in [5.41, 5.74) is 1.84. The fourth-order valence-corrected chi connectivity index (χ4v) is 2.37. The SMILES string of the molecule is COc1ccc(O)c(C(=O)Nc2ccccc2C(C)Br)c1. The van der Waals surface area contributed by atoms with Crippen LogP contribution in [0.25, 0.3) is 0 Å². The first kappa shape index (κ1) is 15.4. The van der Waals surface area contributed by atoms with Gasteiger partial charge in [0.2, 0.25) is 0 Å². The third-order valence-electron chi connectivity index (χ3n) is 3.09. The zero-order valence-electron chi connectivity index (χ0n) is 11.8. The van der Waals surface area contributed by atoms with E-state index in [-0.39, 0.29) is 22.0 Å². The molecule has 2 aromatic carbocycles. The van der Waals surface area contributed by atoms with E-state index in [0.29, 0.717) is 11.4 Å². The summed E-state index contributed by atoms with van der Waals surface area (Å²) in [6, 6.07) is 12.0. The molecule has 0 fully saturated rings. The number of aromatic hydroxyl groups is 1. The molecule has 2 aromatic rings. The van der Waals surface area contributed by atoms with E-state index in [1.165, 1.54) is 19.2 Å². The minimum Gasteiger partial charge on any atom is -0.507 e. The van der Waals surface area contributed by atoms with Crippen LogP contribution in [0.3, 0.4) is 0 Å². The maximum Gasteiger partial charge on any atom is 0.259 e. The second-order valence-electron chi connectivity index (χ2n) is 4.54. The van der Waals surface area contributed by atoms with E-state index in [1.807, 2.05) is 31.2 Å². The number of carbonyl (C=O) groups is 1. The van der Waals surface area contributed by atoms with Gasteiger partial charge in [0.05, 0.1) is 12.7 Å². The molecule has 0 aliphatic rings. The summed E-state index contributed by atoms with van der Waals surface area (Å²) in [6.45, 7) is 1.98. The molecular formula is C16H16BrNO3. The molecule has 0 aromatic heterocycles. The number of amides is 1. The Kier molecular flexibility index (Phi) is 4.85. The number of nitrogens with one attached hydrogen (secondary N) is 1. The molecule has 1 atom stereocenters. The fourth-order valence-electron chi connectivity index (χ4n) is 1.97. The van der Waals surface area contributed by atoms with E-state index in [2.05, 4.69) is 21.2 Å². The van der Waals surface area contributed by atoms with Crippen LogP contribution in [0.2, 0.25) is 0 Å². The molecule has 2 rings (SSSR count). The second-order valence-corrected chi connectivity index (χ2v) is 5.91. The van der Waals surface area contributed by atoms with Crippen molar-refractivity contribution in [3.05, 3.63) is 53.6 Å². The standard InChI is InChI=1S/C16H16BrNO3/c1-10(17)12-5-3-4-6-14(12)18-16(20)13-9-11(21-2)7-8-15(13)19/h3-10,19H,1-2H3,(H,18,20). The molecule has 0 bridgehead atoms. The number of rotatable bonds is 4. The van der Waals surface area contributed by atoms with Crippen molar-refractivity contribution in [1.82, 2.24) is 0 Å². The lowest BCUT2D eigenvalue weighted by atomic mass is 10.1. The number of carbonyl (C=O) groups excluding carboxylic acids is 1. The van der Waals surface area contributed by atoms with Gasteiger partial charge in [0.1, 0.15) is 11.5 Å². The molecule has 2 N–H and O–H groups in total. The summed E-state index contributed by atoms with van der Waals surface area (Å²) < 4.78 is 5.07. The number of para-hydroxylation sites is 1. The predicted octanol–water partition coefficient (Wildman–Crippen LogP) is 4.11. The predicted molar refractivity (Wildman–Crippen MR) is 86.4 cm³/mol. The highest BCUT2D eigenvalue weighted by Gasteiger charge is 2.15. The second kappa shape index (κ2) is 6.63. The topological polar surface area (TPSA) is 58.6 Å². The number of ether oxygens (including phenoxy) is 1. The number of benzene rings is 2. The van der Waals surface area contributed by atoms with Crippen LogP contribution in [-0.2, 0) is 0 Å². The van der Waals surface area contributed by atoms with Crippen molar-refractivity contribution < 1.29 is 14.6 Å². The molecule has 0 heterocycles. The van der Waals surface area contributed by atoms with Crippen LogP contribution in [0.15, 0.2) is 42.5 Å². The van der Waals surface area contributed by atoms with E-state index in [9.17, 15) is 9.90 Å². The van der Waals surface area contributed by atoms with Crippen LogP contribution in [0.5, 0.6) is 11.5 Å². The van der Waals surface area contributed by atoms with E-state index in [4.69, 9.17) is 4.74 Å². The number of hydrogen-bond donors (Lipinski definition) is 2. The van der Waals surface area contributed by atoms with Crippen LogP contribution < -0.4 is 10.1 Å². The summed E-state index contributed by atoms with van der Waals surface area (Å²) in [5.74, 6) is 0.0461. The Balaban J connectivity index is 2.30. The highest BCUT2D eigenvalue weighted by molar-refractivity contribution is 9.09. The third kappa shape index (κ3) is 3.55. The summed E-state index contributed by atoms with van der Waals surface area (Å²) >= 11 is 3.50. The lowest BCUT2D eigenvalue weighted by molar-refractivity contribution is 0.102. The molecule has 0 spiro atoms. The number of phenols is 1. The monoisotopic (exact) mass is 349 g/mol. The molecular weight excluding hydrogens is 334 g/mol. The van der Waals surface area contributed by atoms with Crippen LogP contribution in [-0.4, -0.2) is 18.1 Å². The Hall–Kier alpha value is -2.01. The van der Waals surface area contributed by atoms with Crippen LogP contribution in [0, 0.1) is 0 Å². The van der Waals surface area contributed by atoms with Gasteiger partial charge in [-0.3, -0.25) is 4.79 Å². The highest BCUT2D eigenvalue weighted by atomic mass is 79.9. The molecule has 1 unspecified atom stereocenters. The van der Waals surface area contributed by atoms with Crippen molar-refractivity contribution in [2.24, 2.45) is 0 Å². The zero-order chi connectivity index (χ0) is 15.4. The number of phenolic OH excluding ortho intramolecular Hbond substituents is 1. The largest absolute Gasteiger partial charge is 0.507 e. The maximum absolute atomic E-state index is 12.3. The number of methoxy groups -OCH3 is 1. The molecule has 0 aliphatic heterocycles. The van der Waals surface area contributed by atoms with Crippen molar-refractivity contribution in [3.63, 3.8) is 0 Å². The quantitative estimate of drug-likeness (QED) is 0.816. The Labute approximate surface area is 131 Å². The van der Waals surface area contributed by atoms with E-state index >= 15 is 0 Å². The smallest absolute Gasteiger partial charge is 0.259 e. The minimum atomic E-state index is -0.382. The molecule has 0 aliphatic carbocycles. The number of anilines is 1. The third-order valence-corrected chi connectivity index (χ3v) is 3.58. The Bertz CT molecular complexity index is 656. The first-order chi connectivity index (χ1) is 10.0. The molecule has 110 valence electrons. The summed E-state index contributed by atoms with van der Waals surface area (Å²) in [5, 5.41) is 12.6. The van der Waals surface area contributed by atoms with Gasteiger partial charge in [0.15, 0.2) is 0 Å². The van der Waals surface area contributed by atoms with Gasteiger partial charge in [0.25, 0.3) is 5.91 Å². The highest BCUT2D eigenvalue weighted by Crippen LogP contribution is 2.30. The Morgan fingerprint density at radius 1 is 1.29 bits per heavy atom. The van der Waals surface area contributed by atoms with Crippen LogP contribution in [0.1, 0.15) is 27.7 Å². The average molecular weight is 350 g/mol. The normalized spacial score (nSPS) is 11.8. The Morgan fingerprint density at radius 2 is 2.00 bits per heavy atom. The van der Waals surface area contributed by atoms with E-state index in [0.717, 1.165) is 5.56 Å². The van der Waals surface area contributed by atoms with Gasteiger partial charge in [-0.15, -0.1) is 0 Å². The summed E-state index contributed by atoms with van der Waals surface area (Å²) in [7, 11) is 1.51. The van der Waals surface area contributed by atoms with Gasteiger partial charge in [-0.05, 0) is 36.8 Å². The van der Waals surface area contributed by atoms with Gasteiger partial charge in [-0.2, -0.15) is 0 Å². The Morgan fingerprint density at radius 3 is 2.67 bits per heavy atom. The number of hydrogen-bond acceptors (Lipinski definition) is 3. The molecule has 5 heteroatoms. The van der Waals surface area contributed by atoms with Crippen molar-refractivity contribution in [1.29, 1.82) is 0 Å². The first-order valence-corrected chi connectivity index (χ1v) is 7.36. The average Bonchev–Trinajstić information content (AvgIpc) is 2.48. The van der Waals surface area contributed by atoms with Crippen molar-refractivity contribution in [3.8, 4) is 11.5 Å². The maximum atomic E-state index is 12.3. The molecule has 21 heavy (non-hydrogen) atoms. The molecule has 0 radical (unpaired) electrons. The lowest BCUT2D eigenvalue weighted by Crippen LogP contribution is -2.13. The van der Waals surface area contributed by atoms with Gasteiger partial charge in [0, 0.05) is 10.5 Å². The van der Waals surface area contributed by atoms with Gasteiger partial charge in [-0.25, -0.2) is 0 Å².